The molecule has 0 saturated heterocycles. The number of aliphatic hydroxyl groups excluding tert-OH is 1. The number of hydrogen-bond donors (Lipinski definition) is 2. The van der Waals surface area contributed by atoms with Crippen LogP contribution >= 0.6 is 0 Å². The molecular formula is C11H7F2NO5. The van der Waals surface area contributed by atoms with Gasteiger partial charge in [-0.15, -0.1) is 0 Å². The van der Waals surface area contributed by atoms with Gasteiger partial charge in [0.15, 0.2) is 12.4 Å². The number of alkyl halides is 2. The van der Waals surface area contributed by atoms with Crippen LogP contribution in [0, 0.1) is 11.3 Å². The molecule has 0 aliphatic rings. The van der Waals surface area contributed by atoms with Gasteiger partial charge in [0.2, 0.25) is 0 Å². The normalized spacial score (nSPS) is 11.7. The maximum atomic E-state index is 12.3. The van der Waals surface area contributed by atoms with Crippen molar-refractivity contribution < 1.29 is 33.3 Å². The van der Waals surface area contributed by atoms with Gasteiger partial charge in [0.1, 0.15) is 5.75 Å². The lowest BCUT2D eigenvalue weighted by Gasteiger charge is -2.16. The molecule has 0 aliphatic heterocycles. The molecule has 0 heterocycles. The van der Waals surface area contributed by atoms with Crippen LogP contribution < -0.4 is 4.74 Å². The average Bonchev–Trinajstić information content (AvgIpc) is 2.36. The molecular weight excluding hydrogens is 264 g/mol. The van der Waals surface area contributed by atoms with Crippen molar-refractivity contribution >= 4 is 12.3 Å². The largest absolute Gasteiger partial charge is 0.479 e. The monoisotopic (exact) mass is 271 g/mol. The highest BCUT2D eigenvalue weighted by molar-refractivity contribution is 5.84. The Morgan fingerprint density at radius 3 is 2.53 bits per heavy atom. The minimum Gasteiger partial charge on any atom is -0.479 e. The zero-order chi connectivity index (χ0) is 14.6. The molecule has 0 fully saturated rings. The van der Waals surface area contributed by atoms with Crippen molar-refractivity contribution in [2.45, 2.75) is 12.7 Å². The molecule has 0 radical (unpaired) electrons. The lowest BCUT2D eigenvalue weighted by molar-refractivity contribution is -0.147. The molecule has 6 nitrogen and oxygen atoms in total. The number of halogens is 2. The number of aldehydes is 1. The van der Waals surface area contributed by atoms with E-state index >= 15 is 0 Å². The van der Waals surface area contributed by atoms with Crippen LogP contribution in [-0.2, 0) is 4.79 Å². The van der Waals surface area contributed by atoms with E-state index in [9.17, 15) is 23.5 Å². The number of carbonyl (C=O) groups excluding carboxylic acids is 1. The molecule has 100 valence electrons. The van der Waals surface area contributed by atoms with Crippen LogP contribution in [0.4, 0.5) is 8.78 Å². The second-order valence-electron chi connectivity index (χ2n) is 3.29. The fourth-order valence-electron chi connectivity index (χ4n) is 1.42. The maximum absolute atomic E-state index is 12.3. The highest BCUT2D eigenvalue weighted by atomic mass is 19.3. The third-order valence-electron chi connectivity index (χ3n) is 2.19. The van der Waals surface area contributed by atoms with E-state index in [1.54, 1.807) is 0 Å². The van der Waals surface area contributed by atoms with E-state index in [-0.39, 0.29) is 11.8 Å². The van der Waals surface area contributed by atoms with Crippen molar-refractivity contribution in [3.63, 3.8) is 0 Å². The summed E-state index contributed by atoms with van der Waals surface area (Å²) in [5.74, 6) is -2.59. The topological polar surface area (TPSA) is 108 Å². The Balaban J connectivity index is 3.57. The van der Waals surface area contributed by atoms with E-state index in [4.69, 9.17) is 10.4 Å². The van der Waals surface area contributed by atoms with Gasteiger partial charge in [0.25, 0.3) is 0 Å². The number of nitriles is 1. The fraction of sp³-hybridized carbons (Fsp3) is 0.182. The fourth-order valence-corrected chi connectivity index (χ4v) is 1.42. The van der Waals surface area contributed by atoms with Crippen molar-refractivity contribution in [2.24, 2.45) is 0 Å². The summed E-state index contributed by atoms with van der Waals surface area (Å²) in [6.45, 7) is -3.34. The summed E-state index contributed by atoms with van der Waals surface area (Å²) >= 11 is 0. The molecule has 0 bridgehead atoms. The number of aliphatic carboxylic acids is 1. The Kier molecular flexibility index (Phi) is 4.50. The predicted octanol–water partition coefficient (Wildman–Crippen LogP) is 1.09. The first-order valence-electron chi connectivity index (χ1n) is 4.80. The van der Waals surface area contributed by atoms with Crippen molar-refractivity contribution in [3.8, 4) is 11.8 Å². The van der Waals surface area contributed by atoms with Crippen molar-refractivity contribution in [1.29, 1.82) is 5.26 Å². The van der Waals surface area contributed by atoms with Crippen LogP contribution in [-0.4, -0.2) is 29.1 Å². The van der Waals surface area contributed by atoms with Gasteiger partial charge < -0.3 is 14.9 Å². The number of ether oxygens (including phenoxy) is 1. The first-order chi connectivity index (χ1) is 8.92. The Morgan fingerprint density at radius 1 is 1.47 bits per heavy atom. The minimum absolute atomic E-state index is 0.150. The van der Waals surface area contributed by atoms with Gasteiger partial charge in [-0.2, -0.15) is 14.0 Å². The molecule has 0 amide bonds. The Labute approximate surface area is 105 Å². The lowest BCUT2D eigenvalue weighted by atomic mass is 9.98. The van der Waals surface area contributed by atoms with Crippen LogP contribution in [0.1, 0.15) is 27.6 Å². The summed E-state index contributed by atoms with van der Waals surface area (Å²) in [5, 5.41) is 26.9. The number of aliphatic hydroxyl groups is 1. The van der Waals surface area contributed by atoms with E-state index in [2.05, 4.69) is 4.74 Å². The van der Waals surface area contributed by atoms with Crippen LogP contribution in [0.5, 0.6) is 5.75 Å². The van der Waals surface area contributed by atoms with Crippen molar-refractivity contribution in [2.75, 3.05) is 0 Å². The molecule has 0 aromatic heterocycles. The lowest BCUT2D eigenvalue weighted by Crippen LogP contribution is -2.16. The Bertz CT molecular complexity index is 553. The first-order valence-corrected chi connectivity index (χ1v) is 4.80. The van der Waals surface area contributed by atoms with E-state index in [1.807, 2.05) is 0 Å². The molecule has 1 unspecified atom stereocenters. The standard InChI is InChI=1S/C11H7F2NO5/c12-11(13)19-9-6(4-15)2-1-5(3-14)7(9)8(16)10(17)18/h1-2,4,8,11,16H,(H,17,18). The summed E-state index contributed by atoms with van der Waals surface area (Å²) in [6.07, 6.45) is -2.11. The van der Waals surface area contributed by atoms with Crippen LogP contribution in [0.15, 0.2) is 12.1 Å². The van der Waals surface area contributed by atoms with E-state index in [0.29, 0.717) is 0 Å². The van der Waals surface area contributed by atoms with E-state index in [0.717, 1.165) is 12.1 Å². The summed E-state index contributed by atoms with van der Waals surface area (Å²) in [6, 6.07) is 3.58. The Morgan fingerprint density at radius 2 is 2.11 bits per heavy atom. The molecule has 0 aliphatic carbocycles. The maximum Gasteiger partial charge on any atom is 0.387 e. The van der Waals surface area contributed by atoms with Crippen LogP contribution in [0.3, 0.4) is 0 Å². The number of carboxylic acid groups (broad SMARTS) is 1. The van der Waals surface area contributed by atoms with E-state index < -0.39 is 35.6 Å². The molecule has 19 heavy (non-hydrogen) atoms. The number of nitrogens with zero attached hydrogens (tertiary/aromatic N) is 1. The molecule has 1 aromatic carbocycles. The zero-order valence-corrected chi connectivity index (χ0v) is 9.21. The van der Waals surface area contributed by atoms with Crippen molar-refractivity contribution in [3.05, 3.63) is 28.8 Å². The SMILES string of the molecule is N#Cc1ccc(C=O)c(OC(F)F)c1C(O)C(=O)O. The van der Waals surface area contributed by atoms with Crippen molar-refractivity contribution in [1.82, 2.24) is 0 Å². The average molecular weight is 271 g/mol. The van der Waals surface area contributed by atoms with Crippen LogP contribution in [0.25, 0.3) is 0 Å². The molecule has 1 rings (SSSR count). The van der Waals surface area contributed by atoms with Gasteiger partial charge in [-0.3, -0.25) is 4.79 Å². The van der Waals surface area contributed by atoms with Gasteiger partial charge in [0.05, 0.1) is 22.8 Å². The highest BCUT2D eigenvalue weighted by Crippen LogP contribution is 2.33. The van der Waals surface area contributed by atoms with Gasteiger partial charge in [-0.1, -0.05) is 0 Å². The number of benzene rings is 1. The van der Waals surface area contributed by atoms with E-state index in [1.165, 1.54) is 6.07 Å². The summed E-state index contributed by atoms with van der Waals surface area (Å²) in [4.78, 5) is 21.4. The molecule has 0 saturated carbocycles. The highest BCUT2D eigenvalue weighted by Gasteiger charge is 2.28. The predicted molar refractivity (Wildman–Crippen MR) is 55.8 cm³/mol. The zero-order valence-electron chi connectivity index (χ0n) is 9.21. The number of carbonyl (C=O) groups is 2. The van der Waals surface area contributed by atoms with Gasteiger partial charge in [-0.25, -0.2) is 4.79 Å². The number of rotatable bonds is 5. The smallest absolute Gasteiger partial charge is 0.387 e. The molecule has 8 heteroatoms. The number of hydrogen-bond acceptors (Lipinski definition) is 5. The molecule has 0 spiro atoms. The van der Waals surface area contributed by atoms with Gasteiger partial charge >= 0.3 is 12.6 Å². The quantitative estimate of drug-likeness (QED) is 0.776. The number of carboxylic acids is 1. The molecule has 1 aromatic rings. The second kappa shape index (κ2) is 5.88. The Hall–Kier alpha value is -2.53. The summed E-state index contributed by atoms with van der Waals surface area (Å²) < 4.78 is 28.6. The van der Waals surface area contributed by atoms with Gasteiger partial charge in [0, 0.05) is 0 Å². The third kappa shape index (κ3) is 3.02. The summed E-state index contributed by atoms with van der Waals surface area (Å²) in [5.41, 5.74) is -1.45. The van der Waals surface area contributed by atoms with Crippen LogP contribution in [0.2, 0.25) is 0 Å². The van der Waals surface area contributed by atoms with Gasteiger partial charge in [-0.05, 0) is 12.1 Å². The second-order valence-corrected chi connectivity index (χ2v) is 3.29. The third-order valence-corrected chi connectivity index (χ3v) is 2.19. The first kappa shape index (κ1) is 14.5. The molecule has 2 N–H and O–H groups in total. The summed E-state index contributed by atoms with van der Waals surface area (Å²) in [7, 11) is 0. The minimum atomic E-state index is -3.34. The molecule has 1 atom stereocenters.